The molecule has 0 aliphatic rings. The Labute approximate surface area is 130 Å². The van der Waals surface area contributed by atoms with Crippen LogP contribution in [0, 0.1) is 12.7 Å². The number of halogens is 1. The second-order valence-electron chi connectivity index (χ2n) is 6.31. The average molecular weight is 306 g/mol. The lowest BCUT2D eigenvalue weighted by molar-refractivity contribution is 0.425. The molecule has 0 aliphatic carbocycles. The van der Waals surface area contributed by atoms with Gasteiger partial charge in [0, 0.05) is 22.5 Å². The number of aromatic nitrogens is 1. The summed E-state index contributed by atoms with van der Waals surface area (Å²) in [7, 11) is 0. The van der Waals surface area contributed by atoms with Gasteiger partial charge in [-0.15, -0.1) is 11.3 Å². The molecule has 2 rings (SSSR count). The summed E-state index contributed by atoms with van der Waals surface area (Å²) in [6.45, 7) is 11.3. The van der Waals surface area contributed by atoms with Crippen molar-refractivity contribution in [1.82, 2.24) is 10.3 Å². The van der Waals surface area contributed by atoms with Gasteiger partial charge in [-0.1, -0.05) is 6.92 Å². The Morgan fingerprint density at radius 2 is 2.00 bits per heavy atom. The van der Waals surface area contributed by atoms with Gasteiger partial charge < -0.3 is 5.32 Å². The van der Waals surface area contributed by atoms with E-state index in [2.05, 4.69) is 33.0 Å². The van der Waals surface area contributed by atoms with Crippen LogP contribution in [-0.2, 0) is 13.0 Å². The first-order chi connectivity index (χ1) is 9.80. The fraction of sp³-hybridized carbons (Fsp3) is 0.471. The van der Waals surface area contributed by atoms with E-state index in [0.717, 1.165) is 34.8 Å². The van der Waals surface area contributed by atoms with E-state index in [1.54, 1.807) is 17.4 Å². The van der Waals surface area contributed by atoms with Crippen molar-refractivity contribution in [3.05, 3.63) is 40.2 Å². The van der Waals surface area contributed by atoms with E-state index >= 15 is 0 Å². The van der Waals surface area contributed by atoms with Gasteiger partial charge in [0.15, 0.2) is 0 Å². The molecule has 0 amide bonds. The van der Waals surface area contributed by atoms with E-state index in [0.29, 0.717) is 0 Å². The fourth-order valence-corrected chi connectivity index (χ4v) is 3.31. The number of benzene rings is 1. The van der Waals surface area contributed by atoms with Gasteiger partial charge in [-0.3, -0.25) is 0 Å². The minimum Gasteiger partial charge on any atom is -0.307 e. The summed E-state index contributed by atoms with van der Waals surface area (Å²) in [5, 5.41) is 4.49. The van der Waals surface area contributed by atoms with Crippen molar-refractivity contribution in [2.24, 2.45) is 0 Å². The molecule has 2 aromatic rings. The molecule has 2 nitrogen and oxygen atoms in total. The highest BCUT2D eigenvalue weighted by atomic mass is 32.1. The van der Waals surface area contributed by atoms with Gasteiger partial charge in [0.2, 0.25) is 0 Å². The topological polar surface area (TPSA) is 24.9 Å². The maximum Gasteiger partial charge on any atom is 0.124 e. The van der Waals surface area contributed by atoms with Crippen LogP contribution in [0.2, 0.25) is 0 Å². The lowest BCUT2D eigenvalue weighted by Gasteiger charge is -2.20. The van der Waals surface area contributed by atoms with Crippen molar-refractivity contribution in [1.29, 1.82) is 0 Å². The molecule has 114 valence electrons. The summed E-state index contributed by atoms with van der Waals surface area (Å²) >= 11 is 1.70. The predicted octanol–water partition coefficient (Wildman–Crippen LogP) is 4.71. The number of rotatable bonds is 4. The van der Waals surface area contributed by atoms with Crippen LogP contribution in [0.5, 0.6) is 0 Å². The third-order valence-electron chi connectivity index (χ3n) is 3.31. The van der Waals surface area contributed by atoms with Crippen LogP contribution in [0.15, 0.2) is 18.2 Å². The van der Waals surface area contributed by atoms with E-state index in [4.69, 9.17) is 4.98 Å². The first kappa shape index (κ1) is 16.1. The quantitative estimate of drug-likeness (QED) is 0.885. The number of hydrogen-bond acceptors (Lipinski definition) is 3. The second kappa shape index (κ2) is 6.24. The number of nitrogens with one attached hydrogen (secondary N) is 1. The fourth-order valence-electron chi connectivity index (χ4n) is 2.13. The van der Waals surface area contributed by atoms with Gasteiger partial charge in [-0.2, -0.15) is 0 Å². The first-order valence-electron chi connectivity index (χ1n) is 7.30. The smallest absolute Gasteiger partial charge is 0.124 e. The van der Waals surface area contributed by atoms with Crippen molar-refractivity contribution >= 4 is 11.3 Å². The molecule has 4 heteroatoms. The Hall–Kier alpha value is -1.26. The van der Waals surface area contributed by atoms with Crippen LogP contribution in [0.3, 0.4) is 0 Å². The molecule has 0 unspecified atom stereocenters. The monoisotopic (exact) mass is 306 g/mol. The van der Waals surface area contributed by atoms with Crippen LogP contribution in [-0.4, -0.2) is 10.5 Å². The molecule has 21 heavy (non-hydrogen) atoms. The normalized spacial score (nSPS) is 11.9. The van der Waals surface area contributed by atoms with Gasteiger partial charge in [0.1, 0.15) is 10.8 Å². The Bertz CT molecular complexity index is 626. The van der Waals surface area contributed by atoms with Gasteiger partial charge in [-0.05, 0) is 57.9 Å². The summed E-state index contributed by atoms with van der Waals surface area (Å²) in [4.78, 5) is 6.02. The molecule has 1 heterocycles. The van der Waals surface area contributed by atoms with E-state index in [1.807, 2.05) is 13.0 Å². The molecule has 0 atom stereocenters. The summed E-state index contributed by atoms with van der Waals surface area (Å²) in [6.07, 6.45) is 0.915. The lowest BCUT2D eigenvalue weighted by Crippen LogP contribution is -2.35. The second-order valence-corrected chi connectivity index (χ2v) is 7.39. The SMILES string of the molecule is CCc1nc(-c2ccc(F)cc2C)sc1CNC(C)(C)C. The molecule has 0 fully saturated rings. The van der Waals surface area contributed by atoms with Crippen LogP contribution in [0.25, 0.3) is 10.6 Å². The third-order valence-corrected chi connectivity index (χ3v) is 4.44. The molecule has 0 saturated carbocycles. The number of thiazole rings is 1. The van der Waals surface area contributed by atoms with E-state index < -0.39 is 0 Å². The zero-order valence-electron chi connectivity index (χ0n) is 13.4. The molecule has 0 spiro atoms. The molecule has 0 saturated heterocycles. The molecule has 0 aliphatic heterocycles. The van der Waals surface area contributed by atoms with Crippen molar-refractivity contribution in [3.8, 4) is 10.6 Å². The minimum absolute atomic E-state index is 0.0843. The van der Waals surface area contributed by atoms with Crippen molar-refractivity contribution < 1.29 is 4.39 Å². The standard InChI is InChI=1S/C17H23FN2S/c1-6-14-15(10-19-17(3,4)5)21-16(20-14)13-8-7-12(18)9-11(13)2/h7-9,19H,6,10H2,1-5H3. The molecule has 1 aromatic carbocycles. The van der Waals surface area contributed by atoms with Crippen LogP contribution >= 0.6 is 11.3 Å². The molecule has 1 aromatic heterocycles. The van der Waals surface area contributed by atoms with Crippen molar-refractivity contribution in [2.75, 3.05) is 0 Å². The van der Waals surface area contributed by atoms with Crippen LogP contribution < -0.4 is 5.32 Å². The van der Waals surface area contributed by atoms with Gasteiger partial charge in [-0.25, -0.2) is 9.37 Å². The Balaban J connectivity index is 2.31. The van der Waals surface area contributed by atoms with E-state index in [-0.39, 0.29) is 11.4 Å². The Morgan fingerprint density at radius 1 is 1.29 bits per heavy atom. The summed E-state index contributed by atoms with van der Waals surface area (Å²) in [5.74, 6) is -0.196. The lowest BCUT2D eigenvalue weighted by atomic mass is 10.1. The van der Waals surface area contributed by atoms with Gasteiger partial charge in [0.05, 0.1) is 5.69 Å². The first-order valence-corrected chi connectivity index (χ1v) is 8.12. The van der Waals surface area contributed by atoms with Crippen LogP contribution in [0.4, 0.5) is 4.39 Å². The molecular weight excluding hydrogens is 283 g/mol. The zero-order chi connectivity index (χ0) is 15.6. The van der Waals surface area contributed by atoms with Gasteiger partial charge >= 0.3 is 0 Å². The number of aryl methyl sites for hydroxylation is 2. The predicted molar refractivity (Wildman–Crippen MR) is 88.2 cm³/mol. The highest BCUT2D eigenvalue weighted by Crippen LogP contribution is 2.31. The van der Waals surface area contributed by atoms with Gasteiger partial charge in [0.25, 0.3) is 0 Å². The van der Waals surface area contributed by atoms with Crippen LogP contribution in [0.1, 0.15) is 43.8 Å². The summed E-state index contributed by atoms with van der Waals surface area (Å²) in [6, 6.07) is 4.89. The van der Waals surface area contributed by atoms with E-state index in [1.165, 1.54) is 10.9 Å². The maximum atomic E-state index is 13.2. The highest BCUT2D eigenvalue weighted by molar-refractivity contribution is 7.15. The zero-order valence-corrected chi connectivity index (χ0v) is 14.2. The summed E-state index contributed by atoms with van der Waals surface area (Å²) < 4.78 is 13.2. The molecular formula is C17H23FN2S. The third kappa shape index (κ3) is 4.11. The Kier molecular flexibility index (Phi) is 4.79. The largest absolute Gasteiger partial charge is 0.307 e. The van der Waals surface area contributed by atoms with Crippen molar-refractivity contribution in [2.45, 2.75) is 53.1 Å². The molecule has 0 bridgehead atoms. The minimum atomic E-state index is -0.196. The highest BCUT2D eigenvalue weighted by Gasteiger charge is 2.15. The van der Waals surface area contributed by atoms with Crippen molar-refractivity contribution in [3.63, 3.8) is 0 Å². The number of hydrogen-bond donors (Lipinski definition) is 1. The number of nitrogens with zero attached hydrogens (tertiary/aromatic N) is 1. The molecule has 0 radical (unpaired) electrons. The molecule has 1 N–H and O–H groups in total. The average Bonchev–Trinajstić information content (AvgIpc) is 2.78. The summed E-state index contributed by atoms with van der Waals surface area (Å²) in [5.41, 5.74) is 3.18. The maximum absolute atomic E-state index is 13.2. The van der Waals surface area contributed by atoms with E-state index in [9.17, 15) is 4.39 Å². The Morgan fingerprint density at radius 3 is 2.57 bits per heavy atom.